The smallest absolute Gasteiger partial charge is 0.410 e. The van der Waals surface area contributed by atoms with E-state index in [0.29, 0.717) is 51.1 Å². The van der Waals surface area contributed by atoms with E-state index in [2.05, 4.69) is 10.1 Å². The highest BCUT2D eigenvalue weighted by Gasteiger charge is 2.57. The molecule has 0 aliphatic carbocycles. The van der Waals surface area contributed by atoms with Crippen LogP contribution in [-0.2, 0) is 21.7 Å². The maximum Gasteiger partial charge on any atom is 0.410 e. The number of pyridine rings is 1. The Bertz CT molecular complexity index is 1770. The topological polar surface area (TPSA) is 110 Å². The number of rotatable bonds is 9. The number of aliphatic hydroxyl groups excluding tert-OH is 1. The minimum absolute atomic E-state index is 0.0666. The molecule has 0 spiro atoms. The summed E-state index contributed by atoms with van der Waals surface area (Å²) >= 11 is 12.2. The number of benzene rings is 2. The summed E-state index contributed by atoms with van der Waals surface area (Å²) in [4.78, 5) is 34.4. The number of carbonyl (C=O) groups excluding carboxylic acids is 2. The van der Waals surface area contributed by atoms with Crippen LogP contribution in [0, 0.1) is 0 Å². The molecule has 1 unspecified atom stereocenters. The summed E-state index contributed by atoms with van der Waals surface area (Å²) in [7, 11) is 0. The fraction of sp³-hybridized carbons (Fsp3) is 0.353. The Morgan fingerprint density at radius 2 is 1.81 bits per heavy atom. The second-order valence-corrected chi connectivity index (χ2v) is 13.4. The fourth-order valence-corrected chi connectivity index (χ4v) is 6.47. The first-order valence-electron chi connectivity index (χ1n) is 15.1. The monoisotopic (exact) mass is 681 g/mol. The van der Waals surface area contributed by atoms with E-state index >= 15 is 0 Å². The number of likely N-dealkylation sites (tertiary alicyclic amines) is 1. The van der Waals surface area contributed by atoms with Crippen molar-refractivity contribution in [2.24, 2.45) is 0 Å². The third-order valence-corrected chi connectivity index (χ3v) is 8.89. The van der Waals surface area contributed by atoms with E-state index < -0.39 is 42.7 Å². The highest BCUT2D eigenvalue weighted by atomic mass is 35.5. The molecule has 1 N–H and O–H groups in total. The lowest BCUT2D eigenvalue weighted by Crippen LogP contribution is -2.52. The van der Waals surface area contributed by atoms with E-state index in [1.807, 2.05) is 26.8 Å². The van der Waals surface area contributed by atoms with Crippen LogP contribution in [0.1, 0.15) is 59.9 Å². The van der Waals surface area contributed by atoms with Crippen molar-refractivity contribution in [3.63, 3.8) is 0 Å². The largest absolute Gasteiger partial charge is 0.444 e. The average molecular weight is 683 g/mol. The van der Waals surface area contributed by atoms with Gasteiger partial charge in [0.05, 0.1) is 47.6 Å². The molecule has 0 saturated carbocycles. The van der Waals surface area contributed by atoms with Crippen molar-refractivity contribution in [3.05, 3.63) is 106 Å². The van der Waals surface area contributed by atoms with E-state index in [0.717, 1.165) is 5.56 Å². The molecule has 4 heterocycles. The molecule has 0 bridgehead atoms. The molecule has 6 rings (SSSR count). The Morgan fingerprint density at radius 3 is 2.45 bits per heavy atom. The number of aliphatic hydroxyl groups is 1. The summed E-state index contributed by atoms with van der Waals surface area (Å²) in [5.41, 5.74) is 0.650. The Morgan fingerprint density at radius 1 is 1.09 bits per heavy atom. The molecule has 13 heteroatoms. The number of fused-ring (bicyclic) bond motifs is 1. The van der Waals surface area contributed by atoms with Gasteiger partial charge in [0.2, 0.25) is 0 Å². The van der Waals surface area contributed by atoms with E-state index in [4.69, 9.17) is 32.7 Å². The Hall–Kier alpha value is -4.03. The van der Waals surface area contributed by atoms with E-state index in [1.165, 1.54) is 11.1 Å². The number of aromatic nitrogens is 3. The van der Waals surface area contributed by atoms with Gasteiger partial charge in [0.1, 0.15) is 5.60 Å². The number of ether oxygens (including phenoxy) is 2. The molecule has 47 heavy (non-hydrogen) atoms. The fourth-order valence-electron chi connectivity index (χ4n) is 6.23. The van der Waals surface area contributed by atoms with Crippen molar-refractivity contribution in [1.29, 1.82) is 0 Å². The first kappa shape index (κ1) is 32.9. The van der Waals surface area contributed by atoms with Gasteiger partial charge in [-0.05, 0) is 56.2 Å². The number of amides is 2. The van der Waals surface area contributed by atoms with E-state index in [9.17, 15) is 19.1 Å². The van der Waals surface area contributed by atoms with Crippen molar-refractivity contribution in [3.8, 4) is 11.1 Å². The molecule has 2 aromatic carbocycles. The molecular formula is C34H34Cl2FN5O5. The maximum absolute atomic E-state index is 14.6. The number of hydrogen-bond acceptors (Lipinski definition) is 7. The number of halogens is 3. The molecular weight excluding hydrogens is 648 g/mol. The number of alkyl halides is 1. The van der Waals surface area contributed by atoms with Crippen molar-refractivity contribution >= 4 is 35.2 Å². The number of hydrogen-bond donors (Lipinski definition) is 1. The van der Waals surface area contributed by atoms with Crippen molar-refractivity contribution in [1.82, 2.24) is 24.6 Å². The highest BCUT2D eigenvalue weighted by molar-refractivity contribution is 6.30. The molecule has 2 aliphatic heterocycles. The van der Waals surface area contributed by atoms with Gasteiger partial charge in [-0.15, -0.1) is 0 Å². The zero-order valence-corrected chi connectivity index (χ0v) is 27.6. The van der Waals surface area contributed by atoms with Crippen LogP contribution in [0.25, 0.3) is 11.1 Å². The van der Waals surface area contributed by atoms with Gasteiger partial charge in [-0.2, -0.15) is 5.10 Å². The lowest BCUT2D eigenvalue weighted by molar-refractivity contribution is -0.188. The normalized spacial score (nSPS) is 18.7. The first-order chi connectivity index (χ1) is 22.4. The van der Waals surface area contributed by atoms with Crippen LogP contribution in [0.2, 0.25) is 10.0 Å². The maximum atomic E-state index is 14.6. The predicted molar refractivity (Wildman–Crippen MR) is 174 cm³/mol. The minimum atomic E-state index is -1.78. The SMILES string of the molecule is CC(C)(C)OC(=O)N1CC(n2cc(C(CO)[C@@]3(OCF)c4cccc(-c5ccc(Cl)cc5)c4C(=O)N3Cc3ccc(Cl)cn3)cn2)C1. The average Bonchev–Trinajstić information content (AvgIpc) is 3.56. The quantitative estimate of drug-likeness (QED) is 0.213. The van der Waals surface area contributed by atoms with Crippen molar-refractivity contribution in [2.75, 3.05) is 26.6 Å². The zero-order valence-electron chi connectivity index (χ0n) is 26.1. The van der Waals surface area contributed by atoms with Crippen LogP contribution in [0.4, 0.5) is 9.18 Å². The summed E-state index contributed by atoms with van der Waals surface area (Å²) < 4.78 is 27.8. The molecule has 1 fully saturated rings. The number of carbonyl (C=O) groups is 2. The van der Waals surface area contributed by atoms with Crippen molar-refractivity contribution in [2.45, 2.75) is 50.6 Å². The molecule has 2 amide bonds. The number of nitrogens with zero attached hydrogens (tertiary/aromatic N) is 5. The summed E-state index contributed by atoms with van der Waals surface area (Å²) in [5.74, 6) is -1.39. The Kier molecular flexibility index (Phi) is 9.01. The van der Waals surface area contributed by atoms with Gasteiger partial charge in [0, 0.05) is 41.6 Å². The summed E-state index contributed by atoms with van der Waals surface area (Å²) in [6, 6.07) is 15.6. The molecule has 2 aliphatic rings. The van der Waals surface area contributed by atoms with E-state index in [1.54, 1.807) is 70.5 Å². The van der Waals surface area contributed by atoms with Crippen LogP contribution in [0.3, 0.4) is 0 Å². The van der Waals surface area contributed by atoms with Gasteiger partial charge in [-0.1, -0.05) is 53.5 Å². The molecule has 2 atom stereocenters. The molecule has 4 aromatic rings. The third kappa shape index (κ3) is 6.20. The van der Waals surface area contributed by atoms with Gasteiger partial charge in [0.25, 0.3) is 5.91 Å². The molecule has 2 aromatic heterocycles. The van der Waals surface area contributed by atoms with Crippen LogP contribution in [0.15, 0.2) is 73.2 Å². The standard InChI is InChI=1S/C34H34Cl2FN5O5/c1-33(2,3)47-32(45)40-17-26(18-40)42-15-22(13-39-42)29(19-43)34(46-20-37)28-6-4-5-27(21-7-9-23(35)10-8-21)30(28)31(44)41(34)16-25-12-11-24(36)14-38-25/h4-15,26,29,43H,16-20H2,1-3H3/t29?,34-/m0/s1. The van der Waals surface area contributed by atoms with Crippen LogP contribution < -0.4 is 0 Å². The van der Waals surface area contributed by atoms with Crippen LogP contribution >= 0.6 is 23.2 Å². The lowest BCUT2D eigenvalue weighted by atomic mass is 9.83. The van der Waals surface area contributed by atoms with Gasteiger partial charge < -0.3 is 19.5 Å². The second kappa shape index (κ2) is 12.9. The van der Waals surface area contributed by atoms with Gasteiger partial charge in [-0.3, -0.25) is 19.4 Å². The lowest BCUT2D eigenvalue weighted by Gasteiger charge is -2.43. The second-order valence-electron chi connectivity index (χ2n) is 12.6. The van der Waals surface area contributed by atoms with Gasteiger partial charge in [-0.25, -0.2) is 9.18 Å². The molecule has 0 radical (unpaired) electrons. The summed E-state index contributed by atoms with van der Waals surface area (Å²) in [6.07, 6.45) is 4.37. The molecule has 246 valence electrons. The Balaban J connectivity index is 1.41. The zero-order chi connectivity index (χ0) is 33.5. The van der Waals surface area contributed by atoms with Gasteiger partial charge >= 0.3 is 6.09 Å². The molecule has 1 saturated heterocycles. The molecule has 10 nitrogen and oxygen atoms in total. The van der Waals surface area contributed by atoms with Crippen molar-refractivity contribution < 1.29 is 28.6 Å². The summed E-state index contributed by atoms with van der Waals surface area (Å²) in [6.45, 7) is 4.36. The minimum Gasteiger partial charge on any atom is -0.444 e. The van der Waals surface area contributed by atoms with Crippen LogP contribution in [0.5, 0.6) is 0 Å². The van der Waals surface area contributed by atoms with Crippen LogP contribution in [-0.4, -0.2) is 73.8 Å². The predicted octanol–water partition coefficient (Wildman–Crippen LogP) is 6.57. The summed E-state index contributed by atoms with van der Waals surface area (Å²) in [5, 5.41) is 16.5. The van der Waals surface area contributed by atoms with Gasteiger partial charge in [0.15, 0.2) is 12.6 Å². The Labute approximate surface area is 281 Å². The third-order valence-electron chi connectivity index (χ3n) is 8.42. The highest BCUT2D eigenvalue weighted by Crippen LogP contribution is 2.52. The first-order valence-corrected chi connectivity index (χ1v) is 15.9. The van der Waals surface area contributed by atoms with E-state index in [-0.39, 0.29) is 12.6 Å².